The van der Waals surface area contributed by atoms with Gasteiger partial charge in [0.2, 0.25) is 0 Å². The first-order valence-corrected chi connectivity index (χ1v) is 13.3. The number of hydrogen-bond donors (Lipinski definition) is 1. The van der Waals surface area contributed by atoms with E-state index in [4.69, 9.17) is 10.5 Å². The van der Waals surface area contributed by atoms with Crippen molar-refractivity contribution >= 4 is 5.97 Å². The van der Waals surface area contributed by atoms with Crippen molar-refractivity contribution in [3.8, 4) is 0 Å². The SMILES string of the molecule is CCCCCCCCCCCCCCCCCCCCCCCOC(=O)/C=C(/C)N. The Labute approximate surface area is 188 Å². The molecule has 0 atom stereocenters. The number of carbonyl (C=O) groups is 1. The maximum absolute atomic E-state index is 11.3. The summed E-state index contributed by atoms with van der Waals surface area (Å²) in [5.41, 5.74) is 5.94. The first-order chi connectivity index (χ1) is 14.7. The molecule has 0 saturated carbocycles. The van der Waals surface area contributed by atoms with Crippen LogP contribution in [0.5, 0.6) is 0 Å². The summed E-state index contributed by atoms with van der Waals surface area (Å²) in [4.78, 5) is 11.3. The Bertz CT molecular complexity index is 388. The third-order valence-electron chi connectivity index (χ3n) is 5.84. The smallest absolute Gasteiger partial charge is 0.332 e. The van der Waals surface area contributed by atoms with Crippen LogP contribution in [0.4, 0.5) is 0 Å². The highest BCUT2D eigenvalue weighted by molar-refractivity contribution is 5.82. The number of unbranched alkanes of at least 4 members (excludes halogenated alkanes) is 20. The molecule has 0 heterocycles. The van der Waals surface area contributed by atoms with Crippen LogP contribution in [0.25, 0.3) is 0 Å². The van der Waals surface area contributed by atoms with Crippen molar-refractivity contribution in [2.75, 3.05) is 6.61 Å². The number of allylic oxidation sites excluding steroid dienone is 1. The van der Waals surface area contributed by atoms with Gasteiger partial charge in [-0.25, -0.2) is 4.79 Å². The monoisotopic (exact) mass is 423 g/mol. The molecule has 0 fully saturated rings. The normalized spacial score (nSPS) is 11.7. The van der Waals surface area contributed by atoms with Crippen LogP contribution in [0.15, 0.2) is 11.8 Å². The van der Waals surface area contributed by atoms with Gasteiger partial charge in [-0.15, -0.1) is 0 Å². The van der Waals surface area contributed by atoms with Gasteiger partial charge >= 0.3 is 5.97 Å². The van der Waals surface area contributed by atoms with E-state index in [1.54, 1.807) is 6.92 Å². The van der Waals surface area contributed by atoms with Gasteiger partial charge in [-0.3, -0.25) is 0 Å². The highest BCUT2D eigenvalue weighted by Crippen LogP contribution is 2.15. The molecular formula is C27H53NO2. The number of carbonyl (C=O) groups excluding carboxylic acids is 1. The van der Waals surface area contributed by atoms with Crippen LogP contribution < -0.4 is 5.73 Å². The summed E-state index contributed by atoms with van der Waals surface area (Å²) in [6.45, 7) is 4.50. The summed E-state index contributed by atoms with van der Waals surface area (Å²) in [6, 6.07) is 0. The lowest BCUT2D eigenvalue weighted by Crippen LogP contribution is -2.05. The molecule has 0 aromatic heterocycles. The van der Waals surface area contributed by atoms with E-state index in [1.165, 1.54) is 128 Å². The summed E-state index contributed by atoms with van der Waals surface area (Å²) >= 11 is 0. The van der Waals surface area contributed by atoms with E-state index in [9.17, 15) is 4.79 Å². The molecule has 3 nitrogen and oxygen atoms in total. The molecule has 178 valence electrons. The summed E-state index contributed by atoms with van der Waals surface area (Å²) < 4.78 is 5.10. The van der Waals surface area contributed by atoms with E-state index in [1.807, 2.05) is 0 Å². The second-order valence-electron chi connectivity index (χ2n) is 9.13. The third kappa shape index (κ3) is 25.0. The minimum absolute atomic E-state index is 0.317. The molecule has 0 spiro atoms. The van der Waals surface area contributed by atoms with Gasteiger partial charge in [0.25, 0.3) is 0 Å². The maximum atomic E-state index is 11.3. The van der Waals surface area contributed by atoms with Crippen molar-refractivity contribution in [3.63, 3.8) is 0 Å². The summed E-state index contributed by atoms with van der Waals surface area (Å²) in [5.74, 6) is -0.317. The minimum Gasteiger partial charge on any atom is -0.462 e. The van der Waals surface area contributed by atoms with Crippen LogP contribution >= 0.6 is 0 Å². The zero-order valence-corrected chi connectivity index (χ0v) is 20.5. The molecule has 0 saturated heterocycles. The van der Waals surface area contributed by atoms with Crippen molar-refractivity contribution in [1.82, 2.24) is 0 Å². The number of nitrogens with two attached hydrogens (primary N) is 1. The average Bonchev–Trinajstić information content (AvgIpc) is 2.71. The molecule has 0 aromatic carbocycles. The Hall–Kier alpha value is -0.990. The molecule has 0 aliphatic heterocycles. The highest BCUT2D eigenvalue weighted by atomic mass is 16.5. The lowest BCUT2D eigenvalue weighted by atomic mass is 10.0. The molecule has 2 N–H and O–H groups in total. The van der Waals surface area contributed by atoms with Gasteiger partial charge < -0.3 is 10.5 Å². The van der Waals surface area contributed by atoms with Crippen molar-refractivity contribution in [3.05, 3.63) is 11.8 Å². The zero-order valence-electron chi connectivity index (χ0n) is 20.5. The van der Waals surface area contributed by atoms with Crippen LogP contribution in [0, 0.1) is 0 Å². The molecule has 0 unspecified atom stereocenters. The fraction of sp³-hybridized carbons (Fsp3) is 0.889. The van der Waals surface area contributed by atoms with Crippen LogP contribution in [0.3, 0.4) is 0 Å². The molecule has 0 aromatic rings. The van der Waals surface area contributed by atoms with Gasteiger partial charge in [-0.1, -0.05) is 135 Å². The molecule has 0 aliphatic carbocycles. The van der Waals surface area contributed by atoms with Crippen LogP contribution in [0.2, 0.25) is 0 Å². The van der Waals surface area contributed by atoms with Gasteiger partial charge in [0.15, 0.2) is 0 Å². The van der Waals surface area contributed by atoms with E-state index >= 15 is 0 Å². The molecule has 30 heavy (non-hydrogen) atoms. The van der Waals surface area contributed by atoms with Crippen molar-refractivity contribution in [2.24, 2.45) is 5.73 Å². The Balaban J connectivity index is 3.08. The lowest BCUT2D eigenvalue weighted by Gasteiger charge is -2.04. The van der Waals surface area contributed by atoms with Gasteiger partial charge in [0, 0.05) is 11.8 Å². The predicted octanol–water partition coefficient (Wildman–Crippen LogP) is 8.60. The van der Waals surface area contributed by atoms with Crippen LogP contribution in [-0.4, -0.2) is 12.6 Å². The second kappa shape index (κ2) is 24.3. The largest absolute Gasteiger partial charge is 0.462 e. The standard InChI is InChI=1S/C27H53NO2/c1-3-4-5-6-7-8-9-10-11-12-13-14-15-16-17-18-19-20-21-22-23-24-30-27(29)25-26(2)28/h25H,3-24,28H2,1-2H3/b26-25-. The first kappa shape index (κ1) is 29.0. The number of hydrogen-bond acceptors (Lipinski definition) is 3. The van der Waals surface area contributed by atoms with Crippen LogP contribution in [-0.2, 0) is 9.53 Å². The Kier molecular flexibility index (Phi) is 23.5. The first-order valence-electron chi connectivity index (χ1n) is 13.3. The van der Waals surface area contributed by atoms with E-state index in [2.05, 4.69) is 6.92 Å². The Morgan fingerprint density at radius 2 is 0.900 bits per heavy atom. The lowest BCUT2D eigenvalue weighted by molar-refractivity contribution is -0.137. The van der Waals surface area contributed by atoms with E-state index in [0.29, 0.717) is 12.3 Å². The van der Waals surface area contributed by atoms with Gasteiger partial charge in [0.05, 0.1) is 6.61 Å². The van der Waals surface area contributed by atoms with E-state index in [0.717, 1.165) is 12.8 Å². The molecular weight excluding hydrogens is 370 g/mol. The van der Waals surface area contributed by atoms with Gasteiger partial charge in [-0.2, -0.15) is 0 Å². The highest BCUT2D eigenvalue weighted by Gasteiger charge is 1.98. The zero-order chi connectivity index (χ0) is 22.1. The third-order valence-corrected chi connectivity index (χ3v) is 5.84. The Morgan fingerprint density at radius 1 is 0.600 bits per heavy atom. The van der Waals surface area contributed by atoms with Crippen molar-refractivity contribution in [2.45, 2.75) is 149 Å². The minimum atomic E-state index is -0.317. The topological polar surface area (TPSA) is 52.3 Å². The Morgan fingerprint density at radius 3 is 1.20 bits per heavy atom. The van der Waals surface area contributed by atoms with Crippen LogP contribution in [0.1, 0.15) is 149 Å². The van der Waals surface area contributed by atoms with E-state index in [-0.39, 0.29) is 5.97 Å². The summed E-state index contributed by atoms with van der Waals surface area (Å²) in [7, 11) is 0. The fourth-order valence-corrected chi connectivity index (χ4v) is 3.93. The predicted molar refractivity (Wildman–Crippen MR) is 132 cm³/mol. The van der Waals surface area contributed by atoms with Gasteiger partial charge in [-0.05, 0) is 13.3 Å². The quantitative estimate of drug-likeness (QED) is 0.102. The second-order valence-corrected chi connectivity index (χ2v) is 9.13. The number of ether oxygens (including phenoxy) is 1. The molecule has 0 aliphatic rings. The van der Waals surface area contributed by atoms with Crippen molar-refractivity contribution in [1.29, 1.82) is 0 Å². The average molecular weight is 424 g/mol. The molecule has 0 rings (SSSR count). The van der Waals surface area contributed by atoms with E-state index < -0.39 is 0 Å². The molecule has 3 heteroatoms. The molecule has 0 bridgehead atoms. The van der Waals surface area contributed by atoms with Crippen molar-refractivity contribution < 1.29 is 9.53 Å². The maximum Gasteiger partial charge on any atom is 0.332 e. The number of esters is 1. The number of rotatable bonds is 23. The molecule has 0 amide bonds. The summed E-state index contributed by atoms with van der Waals surface area (Å²) in [6.07, 6.45) is 30.3. The summed E-state index contributed by atoms with van der Waals surface area (Å²) in [5, 5.41) is 0. The molecule has 0 radical (unpaired) electrons. The fourth-order valence-electron chi connectivity index (χ4n) is 3.93. The van der Waals surface area contributed by atoms with Gasteiger partial charge in [0.1, 0.15) is 0 Å².